The molecule has 1 amide bonds. The highest BCUT2D eigenvalue weighted by Gasteiger charge is 2.32. The van der Waals surface area contributed by atoms with Gasteiger partial charge in [-0.3, -0.25) is 4.79 Å². The van der Waals surface area contributed by atoms with E-state index in [1.54, 1.807) is 0 Å². The van der Waals surface area contributed by atoms with Crippen LogP contribution in [0.3, 0.4) is 0 Å². The number of amides is 1. The number of fused-ring (bicyclic) bond motifs is 2. The molecule has 1 heterocycles. The van der Waals surface area contributed by atoms with Gasteiger partial charge in [0.25, 0.3) is 5.91 Å². The normalized spacial score (nSPS) is 16.4. The summed E-state index contributed by atoms with van der Waals surface area (Å²) in [5, 5.41) is 2.97. The first-order valence-corrected chi connectivity index (χ1v) is 9.04. The molecule has 4 heteroatoms. The van der Waals surface area contributed by atoms with Crippen LogP contribution in [0.25, 0.3) is 6.08 Å². The Bertz CT molecular complexity index is 883. The van der Waals surface area contributed by atoms with Gasteiger partial charge in [0, 0.05) is 23.2 Å². The van der Waals surface area contributed by atoms with Crippen LogP contribution in [0.1, 0.15) is 37.0 Å². The summed E-state index contributed by atoms with van der Waals surface area (Å²) in [6, 6.07) is 11.8. The fourth-order valence-corrected chi connectivity index (χ4v) is 3.61. The zero-order valence-electron chi connectivity index (χ0n) is 15.2. The Morgan fingerprint density at radius 1 is 1.19 bits per heavy atom. The molecule has 0 saturated carbocycles. The third-order valence-electron chi connectivity index (χ3n) is 4.75. The summed E-state index contributed by atoms with van der Waals surface area (Å²) in [7, 11) is 0. The lowest BCUT2D eigenvalue weighted by atomic mass is 9.96. The number of carbonyl (C=O) groups excluding carboxylic acids is 1. The van der Waals surface area contributed by atoms with Crippen LogP contribution in [-0.2, 0) is 17.6 Å². The van der Waals surface area contributed by atoms with Crippen molar-refractivity contribution in [2.24, 2.45) is 0 Å². The van der Waals surface area contributed by atoms with Gasteiger partial charge < -0.3 is 14.8 Å². The monoisotopic (exact) mass is 349 g/mol. The number of aryl methyl sites for hydroxylation is 1. The minimum atomic E-state index is -0.237. The number of hydrogen-bond donors (Lipinski definition) is 1. The van der Waals surface area contributed by atoms with Gasteiger partial charge in [0.2, 0.25) is 0 Å². The number of ether oxygens (including phenoxy) is 2. The van der Waals surface area contributed by atoms with Crippen molar-refractivity contribution >= 4 is 17.7 Å². The maximum absolute atomic E-state index is 12.4. The first kappa shape index (κ1) is 16.7. The van der Waals surface area contributed by atoms with Crippen molar-refractivity contribution in [1.29, 1.82) is 0 Å². The molecule has 0 fully saturated rings. The van der Waals surface area contributed by atoms with E-state index in [4.69, 9.17) is 9.47 Å². The van der Waals surface area contributed by atoms with E-state index >= 15 is 0 Å². The van der Waals surface area contributed by atoms with Gasteiger partial charge in [-0.2, -0.15) is 0 Å². The van der Waals surface area contributed by atoms with Crippen molar-refractivity contribution < 1.29 is 14.3 Å². The van der Waals surface area contributed by atoms with E-state index in [9.17, 15) is 4.79 Å². The molecule has 0 atom stereocenters. The van der Waals surface area contributed by atoms with Gasteiger partial charge in [-0.1, -0.05) is 36.4 Å². The maximum atomic E-state index is 12.4. The van der Waals surface area contributed by atoms with Crippen molar-refractivity contribution in [1.82, 2.24) is 0 Å². The highest BCUT2D eigenvalue weighted by molar-refractivity contribution is 5.94. The number of nitrogens with one attached hydrogen (secondary N) is 1. The van der Waals surface area contributed by atoms with Gasteiger partial charge in [-0.15, -0.1) is 0 Å². The average Bonchev–Trinajstić information content (AvgIpc) is 2.94. The van der Waals surface area contributed by atoms with Gasteiger partial charge in [-0.05, 0) is 44.4 Å². The average molecular weight is 349 g/mol. The lowest BCUT2D eigenvalue weighted by Crippen LogP contribution is -2.25. The van der Waals surface area contributed by atoms with Gasteiger partial charge in [-0.25, -0.2) is 0 Å². The number of hydrogen-bond acceptors (Lipinski definition) is 3. The summed E-state index contributed by atoms with van der Waals surface area (Å²) >= 11 is 0. The Labute approximate surface area is 153 Å². The molecule has 2 aromatic rings. The Hall–Kier alpha value is -2.75. The van der Waals surface area contributed by atoms with Crippen LogP contribution in [0.15, 0.2) is 42.5 Å². The second-order valence-corrected chi connectivity index (χ2v) is 7.44. The van der Waals surface area contributed by atoms with Crippen molar-refractivity contribution in [2.75, 3.05) is 11.9 Å². The Morgan fingerprint density at radius 3 is 2.88 bits per heavy atom. The Kier molecular flexibility index (Phi) is 4.19. The predicted molar refractivity (Wildman–Crippen MR) is 103 cm³/mol. The molecule has 1 aliphatic heterocycles. The van der Waals surface area contributed by atoms with Crippen LogP contribution in [0.4, 0.5) is 5.69 Å². The zero-order valence-corrected chi connectivity index (χ0v) is 15.2. The smallest absolute Gasteiger partial charge is 0.262 e. The van der Waals surface area contributed by atoms with E-state index in [1.807, 2.05) is 30.3 Å². The van der Waals surface area contributed by atoms with Gasteiger partial charge in [0.15, 0.2) is 18.1 Å². The summed E-state index contributed by atoms with van der Waals surface area (Å²) in [6.07, 6.45) is 7.11. The van der Waals surface area contributed by atoms with Crippen molar-refractivity contribution in [3.63, 3.8) is 0 Å². The van der Waals surface area contributed by atoms with E-state index in [2.05, 4.69) is 37.4 Å². The molecule has 26 heavy (non-hydrogen) atoms. The second kappa shape index (κ2) is 6.52. The largest absolute Gasteiger partial charge is 0.483 e. The van der Waals surface area contributed by atoms with Crippen molar-refractivity contribution in [3.05, 3.63) is 59.2 Å². The molecule has 4 nitrogen and oxygen atoms in total. The lowest BCUT2D eigenvalue weighted by molar-refractivity contribution is -0.118. The molecule has 0 saturated heterocycles. The van der Waals surface area contributed by atoms with Crippen LogP contribution in [0.5, 0.6) is 11.5 Å². The molecule has 4 rings (SSSR count). The molecule has 1 aliphatic carbocycles. The first-order chi connectivity index (χ1) is 12.5. The standard InChI is InChI=1S/C22H23NO3/c1-22(2)13-16-9-6-12-19(21(16)26-22)25-14-20(24)23-18-11-5-8-15-7-3-4-10-17(15)18/h4-6,8-12H,3,7,13-14H2,1-2H3,(H,23,24). The summed E-state index contributed by atoms with van der Waals surface area (Å²) in [5.41, 5.74) is 4.08. The number of para-hydroxylation sites is 1. The SMILES string of the molecule is CC1(C)Cc2cccc(OCC(=O)Nc3cccc4c3C=CCC4)c2O1. The number of carbonyl (C=O) groups is 1. The van der Waals surface area contributed by atoms with Crippen LogP contribution in [0.2, 0.25) is 0 Å². The summed E-state index contributed by atoms with van der Waals surface area (Å²) in [5.74, 6) is 1.20. The van der Waals surface area contributed by atoms with E-state index in [0.717, 1.165) is 41.8 Å². The minimum absolute atomic E-state index is 0.0480. The molecule has 0 unspecified atom stereocenters. The Morgan fingerprint density at radius 2 is 2.00 bits per heavy atom. The number of allylic oxidation sites excluding steroid dienone is 1. The molecule has 2 aliphatic rings. The Balaban J connectivity index is 1.44. The van der Waals surface area contributed by atoms with E-state index in [-0.39, 0.29) is 18.1 Å². The third kappa shape index (κ3) is 3.32. The first-order valence-electron chi connectivity index (χ1n) is 9.04. The molecule has 2 aromatic carbocycles. The van der Waals surface area contributed by atoms with E-state index < -0.39 is 0 Å². The summed E-state index contributed by atoms with van der Waals surface area (Å²) in [6.45, 7) is 4.05. The molecule has 0 radical (unpaired) electrons. The summed E-state index contributed by atoms with van der Waals surface area (Å²) in [4.78, 5) is 12.4. The fraction of sp³-hybridized carbons (Fsp3) is 0.318. The number of anilines is 1. The van der Waals surface area contributed by atoms with Crippen molar-refractivity contribution in [2.45, 2.75) is 38.7 Å². The van der Waals surface area contributed by atoms with Gasteiger partial charge in [0.05, 0.1) is 0 Å². The molecular formula is C22H23NO3. The van der Waals surface area contributed by atoms with E-state index in [0.29, 0.717) is 5.75 Å². The molecule has 0 bridgehead atoms. The second-order valence-electron chi connectivity index (χ2n) is 7.44. The molecule has 1 N–H and O–H groups in total. The van der Waals surface area contributed by atoms with Crippen LogP contribution in [0, 0.1) is 0 Å². The number of benzene rings is 2. The topological polar surface area (TPSA) is 47.6 Å². The highest BCUT2D eigenvalue weighted by atomic mass is 16.5. The zero-order chi connectivity index (χ0) is 18.1. The molecular weight excluding hydrogens is 326 g/mol. The van der Waals surface area contributed by atoms with Crippen LogP contribution >= 0.6 is 0 Å². The van der Waals surface area contributed by atoms with Gasteiger partial charge in [0.1, 0.15) is 5.60 Å². The quantitative estimate of drug-likeness (QED) is 0.891. The molecule has 0 aromatic heterocycles. The van der Waals surface area contributed by atoms with E-state index in [1.165, 1.54) is 5.56 Å². The van der Waals surface area contributed by atoms with Crippen LogP contribution < -0.4 is 14.8 Å². The summed E-state index contributed by atoms with van der Waals surface area (Å²) < 4.78 is 11.7. The third-order valence-corrected chi connectivity index (χ3v) is 4.75. The maximum Gasteiger partial charge on any atom is 0.262 e. The van der Waals surface area contributed by atoms with Crippen molar-refractivity contribution in [3.8, 4) is 11.5 Å². The highest BCUT2D eigenvalue weighted by Crippen LogP contribution is 2.41. The minimum Gasteiger partial charge on any atom is -0.483 e. The van der Waals surface area contributed by atoms with Gasteiger partial charge >= 0.3 is 0 Å². The number of rotatable bonds is 4. The molecule has 134 valence electrons. The fourth-order valence-electron chi connectivity index (χ4n) is 3.61. The molecule has 0 spiro atoms. The van der Waals surface area contributed by atoms with Crippen LogP contribution in [-0.4, -0.2) is 18.1 Å². The lowest BCUT2D eigenvalue weighted by Gasteiger charge is -2.18. The predicted octanol–water partition coefficient (Wildman–Crippen LogP) is 4.38.